The number of hydrogen-bond donors (Lipinski definition) is 3. The number of carboxylic acid groups (broad SMARTS) is 1. The predicted molar refractivity (Wildman–Crippen MR) is 54.7 cm³/mol. The Morgan fingerprint density at radius 1 is 1.56 bits per heavy atom. The quantitative estimate of drug-likeness (QED) is 0.518. The van der Waals surface area contributed by atoms with Crippen molar-refractivity contribution in [3.05, 3.63) is 0 Å². The number of carbonyl (C=O) groups is 3. The van der Waals surface area contributed by atoms with Crippen molar-refractivity contribution in [2.45, 2.75) is 13.0 Å². The summed E-state index contributed by atoms with van der Waals surface area (Å²) >= 11 is 0. The highest BCUT2D eigenvalue weighted by molar-refractivity contribution is 5.88. The van der Waals surface area contributed by atoms with Crippen molar-refractivity contribution in [2.24, 2.45) is 0 Å². The Morgan fingerprint density at radius 3 is 2.69 bits per heavy atom. The molecule has 7 heteroatoms. The first kappa shape index (κ1) is 12.4. The van der Waals surface area contributed by atoms with Crippen LogP contribution in [0.4, 0.5) is 0 Å². The third-order valence-electron chi connectivity index (χ3n) is 2.33. The Labute approximate surface area is 92.8 Å². The number of aliphatic carboxylic acids is 1. The van der Waals surface area contributed by atoms with Gasteiger partial charge in [-0.15, -0.1) is 0 Å². The molecule has 16 heavy (non-hydrogen) atoms. The molecule has 1 heterocycles. The normalized spacial score (nSPS) is 20.1. The van der Waals surface area contributed by atoms with Crippen molar-refractivity contribution in [1.29, 1.82) is 0 Å². The fourth-order valence-electron chi connectivity index (χ4n) is 1.47. The molecule has 1 rings (SSSR count). The van der Waals surface area contributed by atoms with Crippen LogP contribution >= 0.6 is 0 Å². The van der Waals surface area contributed by atoms with Crippen LogP contribution in [-0.2, 0) is 14.4 Å². The van der Waals surface area contributed by atoms with Crippen LogP contribution in [0.2, 0.25) is 0 Å². The summed E-state index contributed by atoms with van der Waals surface area (Å²) in [6.07, 6.45) is 0. The van der Waals surface area contributed by atoms with Gasteiger partial charge >= 0.3 is 5.97 Å². The van der Waals surface area contributed by atoms with Gasteiger partial charge < -0.3 is 15.3 Å². The van der Waals surface area contributed by atoms with E-state index in [4.69, 9.17) is 5.11 Å². The highest BCUT2D eigenvalue weighted by Gasteiger charge is 2.27. The van der Waals surface area contributed by atoms with E-state index in [9.17, 15) is 14.4 Å². The molecular formula is C9H15N3O4. The monoisotopic (exact) mass is 229 g/mol. The molecule has 1 saturated heterocycles. The number of nitrogens with one attached hydrogen (secondary N) is 2. The number of amides is 2. The summed E-state index contributed by atoms with van der Waals surface area (Å²) in [7, 11) is 0. The van der Waals surface area contributed by atoms with Crippen LogP contribution in [0.3, 0.4) is 0 Å². The number of nitrogens with zero attached hydrogens (tertiary/aromatic N) is 1. The van der Waals surface area contributed by atoms with Gasteiger partial charge in [0.1, 0.15) is 12.6 Å². The standard InChI is InChI=1S/C9H15N3O4/c1-2-12(5-8(14)15)9(16)6-3-11-7(13)4-10-6/h6,10H,2-5H2,1H3,(H,11,13)(H,14,15). The summed E-state index contributed by atoms with van der Waals surface area (Å²) in [4.78, 5) is 34.4. The van der Waals surface area contributed by atoms with Gasteiger partial charge in [0.25, 0.3) is 0 Å². The van der Waals surface area contributed by atoms with E-state index in [0.29, 0.717) is 6.54 Å². The van der Waals surface area contributed by atoms with Gasteiger partial charge in [0.2, 0.25) is 11.8 Å². The minimum atomic E-state index is -1.05. The molecule has 2 amide bonds. The maximum absolute atomic E-state index is 11.8. The molecule has 7 nitrogen and oxygen atoms in total. The molecule has 1 atom stereocenters. The average molecular weight is 229 g/mol. The summed E-state index contributed by atoms with van der Waals surface area (Å²) in [6, 6.07) is -0.531. The van der Waals surface area contributed by atoms with Gasteiger partial charge in [-0.2, -0.15) is 0 Å². The fraction of sp³-hybridized carbons (Fsp3) is 0.667. The lowest BCUT2D eigenvalue weighted by Crippen LogP contribution is -2.59. The lowest BCUT2D eigenvalue weighted by molar-refractivity contribution is -0.145. The molecule has 0 aromatic rings. The topological polar surface area (TPSA) is 98.7 Å². The number of piperazine rings is 1. The zero-order valence-electron chi connectivity index (χ0n) is 9.02. The summed E-state index contributed by atoms with van der Waals surface area (Å²) in [5.41, 5.74) is 0. The second kappa shape index (κ2) is 5.45. The summed E-state index contributed by atoms with van der Waals surface area (Å²) in [5, 5.41) is 13.9. The second-order valence-corrected chi connectivity index (χ2v) is 3.48. The Balaban J connectivity index is 2.54. The molecule has 3 N–H and O–H groups in total. The first-order valence-corrected chi connectivity index (χ1v) is 5.05. The smallest absolute Gasteiger partial charge is 0.323 e. The van der Waals surface area contributed by atoms with Crippen molar-refractivity contribution >= 4 is 17.8 Å². The SMILES string of the molecule is CCN(CC(=O)O)C(=O)C1CNC(=O)CN1. The third-order valence-corrected chi connectivity index (χ3v) is 2.33. The maximum Gasteiger partial charge on any atom is 0.323 e. The van der Waals surface area contributed by atoms with E-state index >= 15 is 0 Å². The number of hydrogen-bond acceptors (Lipinski definition) is 4. The summed E-state index contributed by atoms with van der Waals surface area (Å²) < 4.78 is 0. The van der Waals surface area contributed by atoms with Crippen LogP contribution in [0.15, 0.2) is 0 Å². The molecule has 0 aromatic heterocycles. The van der Waals surface area contributed by atoms with E-state index in [1.807, 2.05) is 0 Å². The average Bonchev–Trinajstić information content (AvgIpc) is 2.25. The van der Waals surface area contributed by atoms with Crippen LogP contribution in [0, 0.1) is 0 Å². The van der Waals surface area contributed by atoms with Crippen LogP contribution < -0.4 is 10.6 Å². The molecule has 0 aromatic carbocycles. The third kappa shape index (κ3) is 3.20. The zero-order valence-corrected chi connectivity index (χ0v) is 9.02. The first-order valence-electron chi connectivity index (χ1n) is 5.05. The van der Waals surface area contributed by atoms with Gasteiger partial charge in [-0.25, -0.2) is 0 Å². The molecular weight excluding hydrogens is 214 g/mol. The minimum absolute atomic E-state index is 0.0844. The molecule has 0 spiro atoms. The van der Waals surface area contributed by atoms with Crippen LogP contribution in [0.25, 0.3) is 0 Å². The van der Waals surface area contributed by atoms with Gasteiger partial charge in [0, 0.05) is 13.1 Å². The van der Waals surface area contributed by atoms with Crippen molar-refractivity contribution in [3.8, 4) is 0 Å². The molecule has 90 valence electrons. The lowest BCUT2D eigenvalue weighted by Gasteiger charge is -2.28. The molecule has 0 bridgehead atoms. The van der Waals surface area contributed by atoms with Crippen molar-refractivity contribution < 1.29 is 19.5 Å². The van der Waals surface area contributed by atoms with Gasteiger partial charge in [-0.05, 0) is 6.92 Å². The number of carboxylic acids is 1. The van der Waals surface area contributed by atoms with E-state index in [1.165, 1.54) is 4.90 Å². The molecule has 1 aliphatic rings. The molecule has 1 unspecified atom stereocenters. The Morgan fingerprint density at radius 2 is 2.25 bits per heavy atom. The zero-order chi connectivity index (χ0) is 12.1. The Kier molecular flexibility index (Phi) is 4.24. The van der Waals surface area contributed by atoms with Crippen LogP contribution in [-0.4, -0.2) is 60.0 Å². The molecule has 1 fully saturated rings. The van der Waals surface area contributed by atoms with E-state index in [0.717, 1.165) is 0 Å². The van der Waals surface area contributed by atoms with E-state index in [1.54, 1.807) is 6.92 Å². The van der Waals surface area contributed by atoms with E-state index in [-0.39, 0.29) is 31.4 Å². The summed E-state index contributed by atoms with van der Waals surface area (Å²) in [5.74, 6) is -1.51. The minimum Gasteiger partial charge on any atom is -0.480 e. The second-order valence-electron chi connectivity index (χ2n) is 3.48. The molecule has 0 saturated carbocycles. The highest BCUT2D eigenvalue weighted by atomic mass is 16.4. The fourth-order valence-corrected chi connectivity index (χ4v) is 1.47. The lowest BCUT2D eigenvalue weighted by atomic mass is 10.2. The Bertz CT molecular complexity index is 295. The van der Waals surface area contributed by atoms with Gasteiger partial charge in [0.05, 0.1) is 6.54 Å². The van der Waals surface area contributed by atoms with E-state index in [2.05, 4.69) is 10.6 Å². The van der Waals surface area contributed by atoms with Crippen molar-refractivity contribution in [2.75, 3.05) is 26.2 Å². The molecule has 0 radical (unpaired) electrons. The van der Waals surface area contributed by atoms with Gasteiger partial charge in [-0.3, -0.25) is 19.7 Å². The number of rotatable bonds is 4. The van der Waals surface area contributed by atoms with Gasteiger partial charge in [0.15, 0.2) is 0 Å². The number of likely N-dealkylation sites (N-methyl/N-ethyl adjacent to an activating group) is 1. The summed E-state index contributed by atoms with van der Waals surface area (Å²) in [6.45, 7) is 2.01. The van der Waals surface area contributed by atoms with Gasteiger partial charge in [-0.1, -0.05) is 0 Å². The molecule has 1 aliphatic heterocycles. The largest absolute Gasteiger partial charge is 0.480 e. The molecule has 0 aliphatic carbocycles. The maximum atomic E-state index is 11.8. The Hall–Kier alpha value is -1.63. The van der Waals surface area contributed by atoms with E-state index < -0.39 is 12.0 Å². The van der Waals surface area contributed by atoms with Crippen molar-refractivity contribution in [1.82, 2.24) is 15.5 Å². The van der Waals surface area contributed by atoms with Crippen LogP contribution in [0.5, 0.6) is 0 Å². The van der Waals surface area contributed by atoms with Crippen LogP contribution in [0.1, 0.15) is 6.92 Å². The predicted octanol–water partition coefficient (Wildman–Crippen LogP) is -1.99. The number of carbonyl (C=O) groups excluding carboxylic acids is 2. The first-order chi connectivity index (χ1) is 7.54. The van der Waals surface area contributed by atoms with Crippen molar-refractivity contribution in [3.63, 3.8) is 0 Å². The highest BCUT2D eigenvalue weighted by Crippen LogP contribution is 1.97.